The summed E-state index contributed by atoms with van der Waals surface area (Å²) in [6.45, 7) is 0. The Morgan fingerprint density at radius 3 is 2.50 bits per heavy atom. The first-order valence-corrected chi connectivity index (χ1v) is 9.84. The number of thiophene rings is 1. The van der Waals surface area contributed by atoms with Gasteiger partial charge in [0.2, 0.25) is 0 Å². The van der Waals surface area contributed by atoms with Crippen molar-refractivity contribution in [1.29, 1.82) is 0 Å². The van der Waals surface area contributed by atoms with Crippen LogP contribution in [0.15, 0.2) is 88.2 Å². The van der Waals surface area contributed by atoms with Crippen LogP contribution in [0.5, 0.6) is 5.75 Å². The molecule has 3 aromatic carbocycles. The van der Waals surface area contributed by atoms with Crippen LogP contribution >= 0.6 is 11.3 Å². The van der Waals surface area contributed by atoms with Gasteiger partial charge in [-0.2, -0.15) is 0 Å². The molecule has 0 atom stereocenters. The summed E-state index contributed by atoms with van der Waals surface area (Å²) in [5, 5.41) is 7.80. The molecule has 0 radical (unpaired) electrons. The Morgan fingerprint density at radius 2 is 1.71 bits per heavy atom. The summed E-state index contributed by atoms with van der Waals surface area (Å²) < 4.78 is 5.28. The van der Waals surface area contributed by atoms with E-state index in [0.717, 1.165) is 44.2 Å². The van der Waals surface area contributed by atoms with E-state index >= 15 is 0 Å². The van der Waals surface area contributed by atoms with Crippen molar-refractivity contribution in [3.63, 3.8) is 0 Å². The predicted octanol–water partition coefficient (Wildman–Crippen LogP) is 5.86. The van der Waals surface area contributed by atoms with Crippen molar-refractivity contribution in [2.24, 2.45) is 9.98 Å². The summed E-state index contributed by atoms with van der Waals surface area (Å²) in [4.78, 5) is 10.9. The highest BCUT2D eigenvalue weighted by molar-refractivity contribution is 7.12. The molecule has 1 aliphatic rings. The lowest BCUT2D eigenvalue weighted by Gasteiger charge is -2.11. The van der Waals surface area contributed by atoms with Crippen LogP contribution in [0.3, 0.4) is 0 Å². The summed E-state index contributed by atoms with van der Waals surface area (Å²) in [7, 11) is 1.67. The minimum absolute atomic E-state index is 0.712. The van der Waals surface area contributed by atoms with Crippen molar-refractivity contribution in [3.8, 4) is 5.75 Å². The fraction of sp³-hybridized carbons (Fsp3) is 0.0435. The molecule has 0 unspecified atom stereocenters. The lowest BCUT2D eigenvalue weighted by atomic mass is 10.1. The molecule has 28 heavy (non-hydrogen) atoms. The third kappa shape index (κ3) is 2.96. The van der Waals surface area contributed by atoms with Crippen LogP contribution in [0.1, 0.15) is 10.4 Å². The molecule has 0 aliphatic carbocycles. The van der Waals surface area contributed by atoms with Gasteiger partial charge in [0.25, 0.3) is 0 Å². The molecule has 5 heteroatoms. The molecule has 0 bridgehead atoms. The lowest BCUT2D eigenvalue weighted by Crippen LogP contribution is -2.14. The average Bonchev–Trinajstić information content (AvgIpc) is 3.21. The molecule has 0 saturated carbocycles. The van der Waals surface area contributed by atoms with Gasteiger partial charge in [-0.3, -0.25) is 0 Å². The van der Waals surface area contributed by atoms with Crippen LogP contribution < -0.4 is 10.1 Å². The summed E-state index contributed by atoms with van der Waals surface area (Å²) >= 11 is 1.64. The van der Waals surface area contributed by atoms with Gasteiger partial charge in [0.15, 0.2) is 5.84 Å². The number of hydrogen-bond acceptors (Lipinski definition) is 5. The van der Waals surface area contributed by atoms with Gasteiger partial charge < -0.3 is 10.1 Å². The quantitative estimate of drug-likeness (QED) is 0.481. The van der Waals surface area contributed by atoms with E-state index in [1.165, 1.54) is 0 Å². The number of methoxy groups -OCH3 is 1. The van der Waals surface area contributed by atoms with E-state index in [1.54, 1.807) is 18.4 Å². The molecule has 4 nitrogen and oxygen atoms in total. The highest BCUT2D eigenvalue weighted by Crippen LogP contribution is 2.36. The zero-order valence-corrected chi connectivity index (χ0v) is 16.0. The SMILES string of the molecule is COc1ccc(C2=NC(c3cccs3)=Nc3c(ccc4ccccc34)N2)cc1. The smallest absolute Gasteiger partial charge is 0.172 e. The Hall–Kier alpha value is -3.44. The first-order valence-electron chi connectivity index (χ1n) is 8.96. The standard InChI is InChI=1S/C23H17N3OS/c1-27-17-11-8-16(9-12-17)22-24-19-13-10-15-5-2-3-6-18(15)21(19)25-23(26-22)20-7-4-14-28-20/h2-14H,1H3,(H,24,25,26). The third-order valence-corrected chi connectivity index (χ3v) is 5.56. The Balaban J connectivity index is 1.71. The monoisotopic (exact) mass is 383 g/mol. The molecular weight excluding hydrogens is 366 g/mol. The second-order valence-electron chi connectivity index (χ2n) is 6.41. The maximum absolute atomic E-state index is 5.28. The topological polar surface area (TPSA) is 46.0 Å². The van der Waals surface area contributed by atoms with E-state index in [9.17, 15) is 0 Å². The molecule has 0 fully saturated rings. The highest BCUT2D eigenvalue weighted by atomic mass is 32.1. The molecule has 1 aromatic heterocycles. The third-order valence-electron chi connectivity index (χ3n) is 4.69. The van der Waals surface area contributed by atoms with Gasteiger partial charge >= 0.3 is 0 Å². The van der Waals surface area contributed by atoms with Crippen molar-refractivity contribution in [2.75, 3.05) is 12.4 Å². The number of ether oxygens (including phenoxy) is 1. The van der Waals surface area contributed by atoms with Crippen LogP contribution in [-0.4, -0.2) is 18.8 Å². The van der Waals surface area contributed by atoms with Crippen LogP contribution in [0.2, 0.25) is 0 Å². The molecular formula is C23H17N3OS. The minimum atomic E-state index is 0.712. The highest BCUT2D eigenvalue weighted by Gasteiger charge is 2.17. The maximum Gasteiger partial charge on any atom is 0.172 e. The largest absolute Gasteiger partial charge is 0.497 e. The summed E-state index contributed by atoms with van der Waals surface area (Å²) in [5.41, 5.74) is 2.83. The number of fused-ring (bicyclic) bond motifs is 3. The van der Waals surface area contributed by atoms with E-state index in [2.05, 4.69) is 35.6 Å². The molecule has 136 valence electrons. The molecule has 0 saturated heterocycles. The zero-order chi connectivity index (χ0) is 18.9. The van der Waals surface area contributed by atoms with E-state index in [1.807, 2.05) is 47.8 Å². The molecule has 2 heterocycles. The van der Waals surface area contributed by atoms with Gasteiger partial charge in [-0.25, -0.2) is 9.98 Å². The maximum atomic E-state index is 5.28. The van der Waals surface area contributed by atoms with Gasteiger partial charge in [0.1, 0.15) is 11.6 Å². The number of anilines is 1. The molecule has 1 aliphatic heterocycles. The number of nitrogens with zero attached hydrogens (tertiary/aromatic N) is 2. The van der Waals surface area contributed by atoms with E-state index in [0.29, 0.717) is 5.84 Å². The second kappa shape index (κ2) is 6.94. The first kappa shape index (κ1) is 16.7. The number of nitrogens with one attached hydrogen (secondary N) is 1. The van der Waals surface area contributed by atoms with E-state index in [-0.39, 0.29) is 0 Å². The van der Waals surface area contributed by atoms with Crippen molar-refractivity contribution in [2.45, 2.75) is 0 Å². The van der Waals surface area contributed by atoms with Crippen LogP contribution in [-0.2, 0) is 0 Å². The average molecular weight is 383 g/mol. The lowest BCUT2D eigenvalue weighted by molar-refractivity contribution is 0.415. The Morgan fingerprint density at radius 1 is 0.857 bits per heavy atom. The Labute approximate surface area is 166 Å². The second-order valence-corrected chi connectivity index (χ2v) is 7.36. The number of hydrogen-bond donors (Lipinski definition) is 1. The minimum Gasteiger partial charge on any atom is -0.497 e. The fourth-order valence-corrected chi connectivity index (χ4v) is 3.93. The molecule has 5 rings (SSSR count). The van der Waals surface area contributed by atoms with Crippen molar-refractivity contribution >= 4 is 45.2 Å². The van der Waals surface area contributed by atoms with Crippen LogP contribution in [0.25, 0.3) is 10.8 Å². The number of amidine groups is 2. The van der Waals surface area contributed by atoms with Crippen molar-refractivity contribution in [1.82, 2.24) is 0 Å². The van der Waals surface area contributed by atoms with Crippen molar-refractivity contribution in [3.05, 3.63) is 88.6 Å². The van der Waals surface area contributed by atoms with Gasteiger partial charge in [-0.05, 0) is 47.2 Å². The number of benzene rings is 3. The zero-order valence-electron chi connectivity index (χ0n) is 15.2. The van der Waals surface area contributed by atoms with Crippen LogP contribution in [0, 0.1) is 0 Å². The molecule has 4 aromatic rings. The Kier molecular flexibility index (Phi) is 4.14. The van der Waals surface area contributed by atoms with Gasteiger partial charge in [0, 0.05) is 10.9 Å². The van der Waals surface area contributed by atoms with Gasteiger partial charge in [-0.1, -0.05) is 36.4 Å². The van der Waals surface area contributed by atoms with Gasteiger partial charge in [-0.15, -0.1) is 11.3 Å². The normalized spacial score (nSPS) is 13.2. The van der Waals surface area contributed by atoms with Gasteiger partial charge in [0.05, 0.1) is 23.4 Å². The summed E-state index contributed by atoms with van der Waals surface area (Å²) in [6, 6.07) is 24.4. The number of rotatable bonds is 3. The first-order chi connectivity index (χ1) is 13.8. The fourth-order valence-electron chi connectivity index (χ4n) is 3.27. The van der Waals surface area contributed by atoms with Crippen molar-refractivity contribution < 1.29 is 4.74 Å². The van der Waals surface area contributed by atoms with E-state index < -0.39 is 0 Å². The molecule has 0 amide bonds. The van der Waals surface area contributed by atoms with Crippen LogP contribution in [0.4, 0.5) is 11.4 Å². The summed E-state index contributed by atoms with van der Waals surface area (Å²) in [5.74, 6) is 2.30. The van der Waals surface area contributed by atoms with E-state index in [4.69, 9.17) is 14.7 Å². The molecule has 1 N–H and O–H groups in total. The summed E-state index contributed by atoms with van der Waals surface area (Å²) in [6.07, 6.45) is 0. The number of aliphatic imine (C=N–C) groups is 2. The molecule has 0 spiro atoms. The Bertz CT molecular complexity index is 1210. The predicted molar refractivity (Wildman–Crippen MR) is 118 cm³/mol.